The fourth-order valence-electron chi connectivity index (χ4n) is 1.69. The molecule has 3 atom stereocenters. The minimum atomic E-state index is 0.550. The van der Waals surface area contributed by atoms with Gasteiger partial charge in [-0.3, -0.25) is 4.90 Å². The van der Waals surface area contributed by atoms with E-state index in [1.54, 1.807) is 0 Å². The molecule has 2 nitrogen and oxygen atoms in total. The molecule has 0 N–H and O–H groups in total. The second kappa shape index (κ2) is 1.70. The molecule has 2 heteroatoms. The van der Waals surface area contributed by atoms with Crippen molar-refractivity contribution < 1.29 is 4.74 Å². The summed E-state index contributed by atoms with van der Waals surface area (Å²) in [5.74, 6) is 0. The van der Waals surface area contributed by atoms with Crippen molar-refractivity contribution in [1.29, 1.82) is 0 Å². The quantitative estimate of drug-likeness (QED) is 0.469. The van der Waals surface area contributed by atoms with Crippen LogP contribution >= 0.6 is 0 Å². The molecular weight excluding hydrogens is 114 g/mol. The van der Waals surface area contributed by atoms with Crippen molar-refractivity contribution in [3.05, 3.63) is 0 Å². The summed E-state index contributed by atoms with van der Waals surface area (Å²) in [6.07, 6.45) is 2.41. The molecule has 0 aromatic carbocycles. The van der Waals surface area contributed by atoms with E-state index in [1.165, 1.54) is 6.42 Å². The van der Waals surface area contributed by atoms with Gasteiger partial charge in [0.15, 0.2) is 0 Å². The van der Waals surface area contributed by atoms with Crippen LogP contribution in [0.15, 0.2) is 0 Å². The van der Waals surface area contributed by atoms with Crippen LogP contribution in [0.1, 0.15) is 13.3 Å². The molecule has 3 unspecified atom stereocenters. The number of morpholine rings is 1. The van der Waals surface area contributed by atoms with E-state index in [0.29, 0.717) is 18.2 Å². The standard InChI is InChI=1S/C7H13NO/c1-5-7-3-6(9-7)4-8(5)2/h5-7H,3-4H2,1-2H3. The molecule has 9 heavy (non-hydrogen) atoms. The van der Waals surface area contributed by atoms with E-state index >= 15 is 0 Å². The summed E-state index contributed by atoms with van der Waals surface area (Å²) in [5.41, 5.74) is 0. The SMILES string of the molecule is CC1C2CC(CN1C)O2. The Balaban J connectivity index is 2.04. The Kier molecular flexibility index (Phi) is 1.08. The van der Waals surface area contributed by atoms with E-state index < -0.39 is 0 Å². The highest BCUT2D eigenvalue weighted by Gasteiger charge is 2.41. The molecule has 0 radical (unpaired) electrons. The molecule has 3 heterocycles. The monoisotopic (exact) mass is 127 g/mol. The van der Waals surface area contributed by atoms with Gasteiger partial charge in [-0.2, -0.15) is 0 Å². The van der Waals surface area contributed by atoms with Crippen LogP contribution in [0.25, 0.3) is 0 Å². The Morgan fingerprint density at radius 3 is 2.56 bits per heavy atom. The van der Waals surface area contributed by atoms with E-state index in [0.717, 1.165) is 6.54 Å². The molecule has 3 aliphatic heterocycles. The van der Waals surface area contributed by atoms with Gasteiger partial charge in [-0.1, -0.05) is 0 Å². The highest BCUT2D eigenvalue weighted by Crippen LogP contribution is 2.31. The van der Waals surface area contributed by atoms with E-state index in [4.69, 9.17) is 4.74 Å². The normalized spacial score (nSPS) is 50.7. The maximum absolute atomic E-state index is 5.52. The Hall–Kier alpha value is -0.0800. The molecule has 52 valence electrons. The van der Waals surface area contributed by atoms with Crippen LogP contribution in [0.3, 0.4) is 0 Å². The highest BCUT2D eigenvalue weighted by molar-refractivity contribution is 4.93. The van der Waals surface area contributed by atoms with Gasteiger partial charge in [0.25, 0.3) is 0 Å². The van der Waals surface area contributed by atoms with Crippen LogP contribution in [0.5, 0.6) is 0 Å². The van der Waals surface area contributed by atoms with Gasteiger partial charge >= 0.3 is 0 Å². The largest absolute Gasteiger partial charge is 0.372 e. The average molecular weight is 127 g/mol. The summed E-state index contributed by atoms with van der Waals surface area (Å²) in [6.45, 7) is 3.37. The lowest BCUT2D eigenvalue weighted by Gasteiger charge is -2.50. The predicted molar refractivity (Wildman–Crippen MR) is 35.4 cm³/mol. The molecule has 3 rings (SSSR count). The van der Waals surface area contributed by atoms with Gasteiger partial charge in [0.2, 0.25) is 0 Å². The molecular formula is C7H13NO. The molecule has 0 aromatic rings. The van der Waals surface area contributed by atoms with E-state index in [-0.39, 0.29) is 0 Å². The number of fused-ring (bicyclic) bond motifs is 2. The number of likely N-dealkylation sites (N-methyl/N-ethyl adjacent to an activating group) is 1. The lowest BCUT2D eigenvalue weighted by atomic mass is 9.93. The van der Waals surface area contributed by atoms with Gasteiger partial charge in [0, 0.05) is 19.0 Å². The Morgan fingerprint density at radius 2 is 2.22 bits per heavy atom. The van der Waals surface area contributed by atoms with Crippen molar-refractivity contribution in [2.24, 2.45) is 0 Å². The topological polar surface area (TPSA) is 12.5 Å². The number of ether oxygens (including phenoxy) is 1. The van der Waals surface area contributed by atoms with Crippen molar-refractivity contribution in [2.75, 3.05) is 13.6 Å². The van der Waals surface area contributed by atoms with Crippen molar-refractivity contribution in [1.82, 2.24) is 4.90 Å². The van der Waals surface area contributed by atoms with Gasteiger partial charge in [-0.15, -0.1) is 0 Å². The predicted octanol–water partition coefficient (Wildman–Crippen LogP) is 0.478. The number of rotatable bonds is 0. The maximum Gasteiger partial charge on any atom is 0.0757 e. The maximum atomic E-state index is 5.52. The second-order valence-electron chi connectivity index (χ2n) is 3.21. The van der Waals surface area contributed by atoms with E-state index in [2.05, 4.69) is 18.9 Å². The van der Waals surface area contributed by atoms with Gasteiger partial charge in [0.05, 0.1) is 12.2 Å². The molecule has 0 saturated carbocycles. The van der Waals surface area contributed by atoms with Gasteiger partial charge in [0.1, 0.15) is 0 Å². The molecule has 0 aromatic heterocycles. The fourth-order valence-corrected chi connectivity index (χ4v) is 1.69. The zero-order valence-corrected chi connectivity index (χ0v) is 6.00. The molecule has 3 fully saturated rings. The van der Waals surface area contributed by atoms with Crippen molar-refractivity contribution in [2.45, 2.75) is 31.6 Å². The van der Waals surface area contributed by atoms with Gasteiger partial charge < -0.3 is 4.74 Å². The van der Waals surface area contributed by atoms with Crippen LogP contribution in [0.2, 0.25) is 0 Å². The highest BCUT2D eigenvalue weighted by atomic mass is 16.5. The van der Waals surface area contributed by atoms with Crippen LogP contribution in [-0.4, -0.2) is 36.7 Å². The van der Waals surface area contributed by atoms with Crippen LogP contribution in [0.4, 0.5) is 0 Å². The first-order chi connectivity index (χ1) is 4.27. The summed E-state index contributed by atoms with van der Waals surface area (Å²) in [7, 11) is 2.17. The molecule has 0 aliphatic carbocycles. The first kappa shape index (κ1) is 5.69. The van der Waals surface area contributed by atoms with Crippen LogP contribution in [0, 0.1) is 0 Å². The summed E-state index contributed by atoms with van der Waals surface area (Å²) in [5, 5.41) is 0. The van der Waals surface area contributed by atoms with Crippen molar-refractivity contribution in [3.8, 4) is 0 Å². The number of nitrogens with zero attached hydrogens (tertiary/aromatic N) is 1. The summed E-state index contributed by atoms with van der Waals surface area (Å²) < 4.78 is 5.52. The average Bonchev–Trinajstić information content (AvgIpc) is 1.72. The fraction of sp³-hybridized carbons (Fsp3) is 1.00. The number of hydrogen-bond donors (Lipinski definition) is 0. The lowest BCUT2D eigenvalue weighted by Crippen LogP contribution is -2.60. The van der Waals surface area contributed by atoms with Crippen LogP contribution in [-0.2, 0) is 4.74 Å². The molecule has 0 spiro atoms. The third-order valence-corrected chi connectivity index (χ3v) is 2.59. The first-order valence-electron chi connectivity index (χ1n) is 3.63. The zero-order valence-electron chi connectivity index (χ0n) is 6.00. The van der Waals surface area contributed by atoms with Crippen molar-refractivity contribution in [3.63, 3.8) is 0 Å². The Morgan fingerprint density at radius 1 is 1.56 bits per heavy atom. The first-order valence-corrected chi connectivity index (χ1v) is 3.63. The third-order valence-electron chi connectivity index (χ3n) is 2.59. The minimum Gasteiger partial charge on any atom is -0.372 e. The van der Waals surface area contributed by atoms with E-state index in [9.17, 15) is 0 Å². The smallest absolute Gasteiger partial charge is 0.0757 e. The minimum absolute atomic E-state index is 0.550. The second-order valence-corrected chi connectivity index (χ2v) is 3.21. The molecule has 0 amide bonds. The Labute approximate surface area is 55.8 Å². The summed E-state index contributed by atoms with van der Waals surface area (Å²) in [6, 6.07) is 0.648. The summed E-state index contributed by atoms with van der Waals surface area (Å²) in [4.78, 5) is 2.38. The summed E-state index contributed by atoms with van der Waals surface area (Å²) >= 11 is 0. The zero-order chi connectivity index (χ0) is 6.43. The molecule has 3 saturated heterocycles. The molecule has 2 bridgehead atoms. The van der Waals surface area contributed by atoms with Crippen molar-refractivity contribution >= 4 is 0 Å². The van der Waals surface area contributed by atoms with Gasteiger partial charge in [-0.25, -0.2) is 0 Å². The Bertz CT molecular complexity index is 118. The number of piperidine rings is 1. The lowest BCUT2D eigenvalue weighted by molar-refractivity contribution is -0.200. The van der Waals surface area contributed by atoms with E-state index in [1.807, 2.05) is 0 Å². The third kappa shape index (κ3) is 0.700. The molecule has 3 aliphatic rings. The van der Waals surface area contributed by atoms with Crippen LogP contribution < -0.4 is 0 Å². The number of hydrogen-bond acceptors (Lipinski definition) is 2. The van der Waals surface area contributed by atoms with Gasteiger partial charge in [-0.05, 0) is 14.0 Å².